The van der Waals surface area contributed by atoms with Crippen LogP contribution in [0.3, 0.4) is 0 Å². The molecule has 0 unspecified atom stereocenters. The van der Waals surface area contributed by atoms with Crippen LogP contribution in [0.1, 0.15) is 43.4 Å². The van der Waals surface area contributed by atoms with Gasteiger partial charge in [-0.05, 0) is 43.9 Å². The zero-order valence-electron chi connectivity index (χ0n) is 16.4. The number of hydrogen-bond acceptors (Lipinski definition) is 4. The molecule has 2 N–H and O–H groups in total. The Bertz CT molecular complexity index is 866. The molecule has 2 aromatic rings. The molecule has 7 nitrogen and oxygen atoms in total. The van der Waals surface area contributed by atoms with Crippen molar-refractivity contribution in [3.63, 3.8) is 0 Å². The number of rotatable bonds is 6. The number of carbonyl (C=O) groups is 2. The van der Waals surface area contributed by atoms with Gasteiger partial charge in [0.15, 0.2) is 5.82 Å². The van der Waals surface area contributed by atoms with Gasteiger partial charge in [0.25, 0.3) is 0 Å². The van der Waals surface area contributed by atoms with Crippen LogP contribution >= 0.6 is 0 Å². The van der Waals surface area contributed by atoms with Gasteiger partial charge in [-0.25, -0.2) is 13.6 Å². The number of nitrogens with one attached hydrogen (secondary N) is 2. The zero-order chi connectivity index (χ0) is 21.0. The highest BCUT2D eigenvalue weighted by molar-refractivity contribution is 5.91. The molecular weight excluding hydrogens is 382 g/mol. The Labute approximate surface area is 167 Å². The third-order valence-electron chi connectivity index (χ3n) is 5.03. The van der Waals surface area contributed by atoms with Gasteiger partial charge in [-0.3, -0.25) is 9.89 Å². The summed E-state index contributed by atoms with van der Waals surface area (Å²) in [5.41, 5.74) is 1.09. The van der Waals surface area contributed by atoms with E-state index in [1.54, 1.807) is 13.1 Å². The van der Waals surface area contributed by atoms with Gasteiger partial charge in [-0.2, -0.15) is 5.10 Å². The molecule has 1 saturated carbocycles. The van der Waals surface area contributed by atoms with E-state index in [0.29, 0.717) is 18.8 Å². The number of ether oxygens (including phenoxy) is 1. The second-order valence-electron chi connectivity index (χ2n) is 7.24. The Morgan fingerprint density at radius 2 is 1.97 bits per heavy atom. The van der Waals surface area contributed by atoms with E-state index in [1.807, 2.05) is 6.92 Å². The van der Waals surface area contributed by atoms with Crippen LogP contribution in [0.25, 0.3) is 0 Å². The minimum atomic E-state index is -0.725. The normalized spacial score (nSPS) is 18.5. The van der Waals surface area contributed by atoms with Crippen molar-refractivity contribution in [3.05, 3.63) is 47.2 Å². The minimum Gasteiger partial charge on any atom is -0.446 e. The summed E-state index contributed by atoms with van der Waals surface area (Å²) < 4.78 is 32.0. The SMILES string of the molecule is CCN(C)C(=O)O[C@@H]1CC[C@H](c2cc(NC(=O)Cc3cc(F)cc(F)c3)n[nH]2)C1. The molecule has 0 aliphatic heterocycles. The summed E-state index contributed by atoms with van der Waals surface area (Å²) in [6, 6.07) is 4.73. The fourth-order valence-electron chi connectivity index (χ4n) is 3.39. The minimum absolute atomic E-state index is 0.147. The highest BCUT2D eigenvalue weighted by atomic mass is 19.1. The fourth-order valence-corrected chi connectivity index (χ4v) is 3.39. The summed E-state index contributed by atoms with van der Waals surface area (Å²) in [6.07, 6.45) is 1.64. The summed E-state index contributed by atoms with van der Waals surface area (Å²) in [7, 11) is 1.69. The largest absolute Gasteiger partial charge is 0.446 e. The summed E-state index contributed by atoms with van der Waals surface area (Å²) in [5.74, 6) is -1.38. The molecule has 1 aromatic heterocycles. The molecule has 3 rings (SSSR count). The number of amides is 2. The molecule has 2 amide bonds. The average Bonchev–Trinajstić information content (AvgIpc) is 3.29. The van der Waals surface area contributed by atoms with Crippen LogP contribution < -0.4 is 5.32 Å². The molecule has 0 saturated heterocycles. The van der Waals surface area contributed by atoms with Crippen molar-refractivity contribution >= 4 is 17.8 Å². The molecule has 1 heterocycles. The van der Waals surface area contributed by atoms with Crippen molar-refractivity contribution in [2.75, 3.05) is 18.9 Å². The van der Waals surface area contributed by atoms with Gasteiger partial charge in [0, 0.05) is 37.3 Å². The molecule has 2 atom stereocenters. The van der Waals surface area contributed by atoms with Gasteiger partial charge in [0.2, 0.25) is 5.91 Å². The fraction of sp³-hybridized carbons (Fsp3) is 0.450. The topological polar surface area (TPSA) is 87.3 Å². The second kappa shape index (κ2) is 9.02. The Kier molecular flexibility index (Phi) is 6.46. The third kappa shape index (κ3) is 5.52. The first-order valence-electron chi connectivity index (χ1n) is 9.56. The number of hydrogen-bond donors (Lipinski definition) is 2. The third-order valence-corrected chi connectivity index (χ3v) is 5.03. The van der Waals surface area contributed by atoms with Crippen molar-refractivity contribution in [1.29, 1.82) is 0 Å². The number of H-pyrrole nitrogens is 1. The van der Waals surface area contributed by atoms with E-state index in [-0.39, 0.29) is 30.1 Å². The first-order valence-corrected chi connectivity index (χ1v) is 9.56. The number of aromatic nitrogens is 2. The van der Waals surface area contributed by atoms with E-state index in [9.17, 15) is 18.4 Å². The monoisotopic (exact) mass is 406 g/mol. The van der Waals surface area contributed by atoms with E-state index < -0.39 is 17.5 Å². The summed E-state index contributed by atoms with van der Waals surface area (Å²) in [4.78, 5) is 25.5. The van der Waals surface area contributed by atoms with Gasteiger partial charge in [-0.1, -0.05) is 0 Å². The van der Waals surface area contributed by atoms with Crippen molar-refractivity contribution in [3.8, 4) is 0 Å². The quantitative estimate of drug-likeness (QED) is 0.768. The molecule has 0 spiro atoms. The highest BCUT2D eigenvalue weighted by Gasteiger charge is 2.30. The molecule has 1 fully saturated rings. The number of benzene rings is 1. The average molecular weight is 406 g/mol. The maximum atomic E-state index is 13.2. The van der Waals surface area contributed by atoms with Crippen molar-refractivity contribution in [1.82, 2.24) is 15.1 Å². The Balaban J connectivity index is 1.53. The van der Waals surface area contributed by atoms with Crippen LogP contribution in [-0.4, -0.2) is 46.8 Å². The van der Waals surface area contributed by atoms with E-state index in [1.165, 1.54) is 4.90 Å². The smallest absolute Gasteiger partial charge is 0.409 e. The number of halogens is 2. The Morgan fingerprint density at radius 1 is 1.24 bits per heavy atom. The van der Waals surface area contributed by atoms with Crippen LogP contribution in [0.5, 0.6) is 0 Å². The summed E-state index contributed by atoms with van der Waals surface area (Å²) in [6.45, 7) is 2.46. The molecule has 0 bridgehead atoms. The van der Waals surface area contributed by atoms with Gasteiger partial charge < -0.3 is 15.0 Å². The predicted molar refractivity (Wildman–Crippen MR) is 102 cm³/mol. The molecule has 1 aromatic carbocycles. The summed E-state index contributed by atoms with van der Waals surface area (Å²) in [5, 5.41) is 9.61. The van der Waals surface area contributed by atoms with Gasteiger partial charge in [0.1, 0.15) is 17.7 Å². The van der Waals surface area contributed by atoms with Gasteiger partial charge in [-0.15, -0.1) is 0 Å². The van der Waals surface area contributed by atoms with Gasteiger partial charge >= 0.3 is 6.09 Å². The number of nitrogens with zero attached hydrogens (tertiary/aromatic N) is 2. The second-order valence-corrected chi connectivity index (χ2v) is 7.24. The number of anilines is 1. The van der Waals surface area contributed by atoms with Crippen LogP contribution in [0.15, 0.2) is 24.3 Å². The lowest BCUT2D eigenvalue weighted by atomic mass is 10.0. The summed E-state index contributed by atoms with van der Waals surface area (Å²) >= 11 is 0. The van der Waals surface area contributed by atoms with Crippen LogP contribution in [0.2, 0.25) is 0 Å². The molecule has 0 radical (unpaired) electrons. The number of carbonyl (C=O) groups excluding carboxylic acids is 2. The van der Waals surface area contributed by atoms with E-state index in [4.69, 9.17) is 4.74 Å². The first kappa shape index (κ1) is 20.8. The molecule has 1 aliphatic rings. The lowest BCUT2D eigenvalue weighted by molar-refractivity contribution is -0.115. The zero-order valence-corrected chi connectivity index (χ0v) is 16.4. The Hall–Kier alpha value is -2.97. The van der Waals surface area contributed by atoms with E-state index in [0.717, 1.165) is 36.7 Å². The lowest BCUT2D eigenvalue weighted by Crippen LogP contribution is -2.30. The molecule has 9 heteroatoms. The standard InChI is InChI=1S/C20H24F2N4O3/c1-3-26(2)20(28)29-16-5-4-13(9-16)17-11-18(25-24-17)23-19(27)8-12-6-14(21)10-15(22)7-12/h6-7,10-11,13,16H,3-5,8-9H2,1-2H3,(H2,23,24,25,27)/t13-,16+/m0/s1. The van der Waals surface area contributed by atoms with Crippen molar-refractivity contribution in [2.45, 2.75) is 44.6 Å². The van der Waals surface area contributed by atoms with Crippen LogP contribution in [0.4, 0.5) is 19.4 Å². The van der Waals surface area contributed by atoms with Gasteiger partial charge in [0.05, 0.1) is 6.42 Å². The first-order chi connectivity index (χ1) is 13.8. The molecule has 29 heavy (non-hydrogen) atoms. The molecule has 1 aliphatic carbocycles. The maximum Gasteiger partial charge on any atom is 0.409 e. The molecule has 156 valence electrons. The van der Waals surface area contributed by atoms with Crippen LogP contribution in [-0.2, 0) is 16.0 Å². The molecular formula is C20H24F2N4O3. The lowest BCUT2D eigenvalue weighted by Gasteiger charge is -2.18. The van der Waals surface area contributed by atoms with Crippen LogP contribution in [0, 0.1) is 11.6 Å². The highest BCUT2D eigenvalue weighted by Crippen LogP contribution is 2.36. The Morgan fingerprint density at radius 3 is 2.66 bits per heavy atom. The van der Waals surface area contributed by atoms with E-state index >= 15 is 0 Å². The van der Waals surface area contributed by atoms with Crippen molar-refractivity contribution < 1.29 is 23.1 Å². The number of aromatic amines is 1. The van der Waals surface area contributed by atoms with E-state index in [2.05, 4.69) is 15.5 Å². The van der Waals surface area contributed by atoms with Crippen molar-refractivity contribution in [2.24, 2.45) is 0 Å². The predicted octanol–water partition coefficient (Wildman–Crippen LogP) is 3.59. The maximum absolute atomic E-state index is 13.2.